The molecule has 0 atom stereocenters. The molecule has 1 heterocycles. The molecule has 0 unspecified atom stereocenters. The normalized spacial score (nSPS) is 14.3. The van der Waals surface area contributed by atoms with E-state index in [1.165, 1.54) is 5.69 Å². The van der Waals surface area contributed by atoms with Gasteiger partial charge in [-0.3, -0.25) is 4.79 Å². The lowest BCUT2D eigenvalue weighted by Crippen LogP contribution is -2.50. The molecule has 0 radical (unpaired) electrons. The number of carbonyl (C=O) groups excluding carboxylic acids is 1. The summed E-state index contributed by atoms with van der Waals surface area (Å²) in [5.74, 6) is 0.908. The van der Waals surface area contributed by atoms with Crippen LogP contribution in [0.3, 0.4) is 0 Å². The molecule has 1 saturated heterocycles. The van der Waals surface area contributed by atoms with E-state index in [1.54, 1.807) is 0 Å². The van der Waals surface area contributed by atoms with E-state index in [0.29, 0.717) is 6.61 Å². The third-order valence-electron chi connectivity index (χ3n) is 4.37. The van der Waals surface area contributed by atoms with Crippen LogP contribution in [0, 0.1) is 0 Å². The summed E-state index contributed by atoms with van der Waals surface area (Å²) >= 11 is 0. The number of piperazine rings is 1. The highest BCUT2D eigenvalue weighted by atomic mass is 16.5. The fourth-order valence-corrected chi connectivity index (χ4v) is 3.03. The van der Waals surface area contributed by atoms with Gasteiger partial charge in [0.15, 0.2) is 0 Å². The average Bonchev–Trinajstić information content (AvgIpc) is 2.68. The summed E-state index contributed by atoms with van der Waals surface area (Å²) < 4.78 is 5.58. The molecule has 2 aromatic rings. The summed E-state index contributed by atoms with van der Waals surface area (Å²) in [7, 11) is 0. The van der Waals surface area contributed by atoms with Crippen LogP contribution in [0.2, 0.25) is 0 Å². The number of anilines is 2. The minimum atomic E-state index is 0.124. The predicted molar refractivity (Wildman–Crippen MR) is 101 cm³/mol. The van der Waals surface area contributed by atoms with E-state index < -0.39 is 0 Å². The van der Waals surface area contributed by atoms with Gasteiger partial charge in [0.2, 0.25) is 5.91 Å². The largest absolute Gasteiger partial charge is 0.492 e. The van der Waals surface area contributed by atoms with Crippen molar-refractivity contribution in [2.45, 2.75) is 6.92 Å². The van der Waals surface area contributed by atoms with Crippen molar-refractivity contribution in [3.05, 3.63) is 54.6 Å². The van der Waals surface area contributed by atoms with Crippen molar-refractivity contribution >= 4 is 17.3 Å². The van der Waals surface area contributed by atoms with Crippen molar-refractivity contribution in [2.24, 2.45) is 0 Å². The number of amides is 1. The van der Waals surface area contributed by atoms with Gasteiger partial charge in [-0.25, -0.2) is 0 Å². The third-order valence-corrected chi connectivity index (χ3v) is 4.37. The van der Waals surface area contributed by atoms with Gasteiger partial charge in [-0.15, -0.1) is 0 Å². The molecule has 0 bridgehead atoms. The van der Waals surface area contributed by atoms with Gasteiger partial charge in [0.25, 0.3) is 0 Å². The van der Waals surface area contributed by atoms with Crippen molar-refractivity contribution < 1.29 is 9.53 Å². The first-order valence-corrected chi connectivity index (χ1v) is 8.81. The van der Waals surface area contributed by atoms with E-state index in [1.807, 2.05) is 54.3 Å². The molecule has 132 valence electrons. The van der Waals surface area contributed by atoms with Crippen molar-refractivity contribution in [2.75, 3.05) is 49.5 Å². The molecule has 1 fully saturated rings. The quantitative estimate of drug-likeness (QED) is 0.879. The van der Waals surface area contributed by atoms with Crippen molar-refractivity contribution in [1.29, 1.82) is 0 Å². The Balaban J connectivity index is 1.50. The number of carbonyl (C=O) groups is 1. The van der Waals surface area contributed by atoms with E-state index in [4.69, 9.17) is 4.74 Å². The molecule has 0 aromatic heterocycles. The molecule has 5 heteroatoms. The topological polar surface area (TPSA) is 44.8 Å². The Labute approximate surface area is 149 Å². The lowest BCUT2D eigenvalue weighted by Gasteiger charge is -2.36. The summed E-state index contributed by atoms with van der Waals surface area (Å²) in [5, 5.41) is 3.21. The van der Waals surface area contributed by atoms with Crippen LogP contribution in [0.1, 0.15) is 6.92 Å². The fourth-order valence-electron chi connectivity index (χ4n) is 3.03. The predicted octanol–water partition coefficient (Wildman–Crippen LogP) is 2.85. The molecule has 2 aromatic carbocycles. The van der Waals surface area contributed by atoms with Crippen LogP contribution in [0.25, 0.3) is 0 Å². The highest BCUT2D eigenvalue weighted by Crippen LogP contribution is 2.23. The third kappa shape index (κ3) is 4.44. The standard InChI is InChI=1S/C20H25N3O2/c1-2-25-19-11-7-6-10-18(19)21-16-20(24)23-14-12-22(13-15-23)17-8-4-3-5-9-17/h3-11,21H,2,12-16H2,1H3. The van der Waals surface area contributed by atoms with Crippen LogP contribution in [0.15, 0.2) is 54.6 Å². The minimum absolute atomic E-state index is 0.124. The number of nitrogens with zero attached hydrogens (tertiary/aromatic N) is 2. The molecule has 1 aliphatic rings. The molecule has 0 saturated carbocycles. The molecule has 3 rings (SSSR count). The van der Waals surface area contributed by atoms with E-state index in [-0.39, 0.29) is 12.5 Å². The lowest BCUT2D eigenvalue weighted by molar-refractivity contribution is -0.129. The first-order valence-electron chi connectivity index (χ1n) is 8.81. The van der Waals surface area contributed by atoms with Gasteiger partial charge in [-0.2, -0.15) is 0 Å². The van der Waals surface area contributed by atoms with E-state index >= 15 is 0 Å². The van der Waals surface area contributed by atoms with Crippen LogP contribution in [-0.2, 0) is 4.79 Å². The number of benzene rings is 2. The molecule has 1 aliphatic heterocycles. The van der Waals surface area contributed by atoms with Crippen LogP contribution in [0.5, 0.6) is 5.75 Å². The SMILES string of the molecule is CCOc1ccccc1NCC(=O)N1CCN(c2ccccc2)CC1. The van der Waals surface area contributed by atoms with Gasteiger partial charge >= 0.3 is 0 Å². The number of rotatable bonds is 6. The number of ether oxygens (including phenoxy) is 1. The number of hydrogen-bond donors (Lipinski definition) is 1. The van der Waals surface area contributed by atoms with Gasteiger partial charge in [0.05, 0.1) is 18.8 Å². The minimum Gasteiger partial charge on any atom is -0.492 e. The first kappa shape index (κ1) is 17.1. The Morgan fingerprint density at radius 2 is 1.68 bits per heavy atom. The highest BCUT2D eigenvalue weighted by molar-refractivity contribution is 5.81. The zero-order valence-electron chi connectivity index (χ0n) is 14.6. The van der Waals surface area contributed by atoms with Crippen molar-refractivity contribution in [3.63, 3.8) is 0 Å². The second-order valence-electron chi connectivity index (χ2n) is 5.99. The van der Waals surface area contributed by atoms with Crippen LogP contribution >= 0.6 is 0 Å². The van der Waals surface area contributed by atoms with Crippen molar-refractivity contribution in [3.8, 4) is 5.75 Å². The van der Waals surface area contributed by atoms with Gasteiger partial charge < -0.3 is 19.9 Å². The maximum atomic E-state index is 12.5. The van der Waals surface area contributed by atoms with Crippen LogP contribution in [0.4, 0.5) is 11.4 Å². The Bertz CT molecular complexity index is 682. The van der Waals surface area contributed by atoms with Crippen LogP contribution < -0.4 is 15.0 Å². The highest BCUT2D eigenvalue weighted by Gasteiger charge is 2.21. The molecule has 0 spiro atoms. The summed E-state index contributed by atoms with van der Waals surface area (Å²) in [6.45, 7) is 6.08. The molecular formula is C20H25N3O2. The summed E-state index contributed by atoms with van der Waals surface area (Å²) in [4.78, 5) is 16.7. The summed E-state index contributed by atoms with van der Waals surface area (Å²) in [5.41, 5.74) is 2.08. The maximum absolute atomic E-state index is 12.5. The Kier molecular flexibility index (Phi) is 5.77. The molecule has 5 nitrogen and oxygen atoms in total. The van der Waals surface area contributed by atoms with Gasteiger partial charge in [-0.05, 0) is 31.2 Å². The average molecular weight is 339 g/mol. The smallest absolute Gasteiger partial charge is 0.241 e. The molecule has 1 amide bonds. The monoisotopic (exact) mass is 339 g/mol. The maximum Gasteiger partial charge on any atom is 0.241 e. The van der Waals surface area contributed by atoms with E-state index in [9.17, 15) is 4.79 Å². The second-order valence-corrected chi connectivity index (χ2v) is 5.99. The Hall–Kier alpha value is -2.69. The zero-order valence-corrected chi connectivity index (χ0v) is 14.6. The molecule has 1 N–H and O–H groups in total. The van der Waals surface area contributed by atoms with E-state index in [0.717, 1.165) is 37.6 Å². The Morgan fingerprint density at radius 3 is 2.40 bits per heavy atom. The molecular weight excluding hydrogens is 314 g/mol. The van der Waals surface area contributed by atoms with Gasteiger partial charge in [-0.1, -0.05) is 30.3 Å². The Morgan fingerprint density at radius 1 is 1.00 bits per heavy atom. The van der Waals surface area contributed by atoms with E-state index in [2.05, 4.69) is 22.3 Å². The van der Waals surface area contributed by atoms with Gasteiger partial charge in [0.1, 0.15) is 5.75 Å². The molecule has 25 heavy (non-hydrogen) atoms. The number of para-hydroxylation sites is 3. The zero-order chi connectivity index (χ0) is 17.5. The fraction of sp³-hybridized carbons (Fsp3) is 0.350. The van der Waals surface area contributed by atoms with Gasteiger partial charge in [0, 0.05) is 31.9 Å². The van der Waals surface area contributed by atoms with Crippen LogP contribution in [-0.4, -0.2) is 50.1 Å². The first-order chi connectivity index (χ1) is 12.3. The summed E-state index contributed by atoms with van der Waals surface area (Å²) in [6.07, 6.45) is 0. The lowest BCUT2D eigenvalue weighted by atomic mass is 10.2. The number of hydrogen-bond acceptors (Lipinski definition) is 4. The molecule has 0 aliphatic carbocycles. The number of nitrogens with one attached hydrogen (secondary N) is 1. The second kappa shape index (κ2) is 8.42. The van der Waals surface area contributed by atoms with Crippen molar-refractivity contribution in [1.82, 2.24) is 4.90 Å². The summed E-state index contributed by atoms with van der Waals surface area (Å²) in [6, 6.07) is 18.1.